The highest BCUT2D eigenvalue weighted by atomic mass is 35.5. The van der Waals surface area contributed by atoms with E-state index in [4.69, 9.17) is 34.1 Å². The van der Waals surface area contributed by atoms with E-state index in [0.717, 1.165) is 12.1 Å². The van der Waals surface area contributed by atoms with Crippen LogP contribution in [0.3, 0.4) is 0 Å². The molecule has 4 N–H and O–H groups in total. The van der Waals surface area contributed by atoms with Crippen LogP contribution in [0.1, 0.15) is 6.92 Å². The normalized spacial score (nSPS) is 14.3. The Morgan fingerprint density at radius 2 is 2.15 bits per heavy atom. The molecular weight excluding hydrogens is 332 g/mol. The summed E-state index contributed by atoms with van der Waals surface area (Å²) < 4.78 is 39.6. The lowest BCUT2D eigenvalue weighted by Gasteiger charge is -2.12. The fourth-order valence-corrected chi connectivity index (χ4v) is 3.10. The van der Waals surface area contributed by atoms with Gasteiger partial charge in [-0.2, -0.15) is 0 Å². The fraction of sp³-hybridized carbons (Fsp3) is 0.300. The SMILES string of the molecule is CC(CNS(=O)(=O)c1ccc(Cl)c(F)c1Cl)/C(N)=N/O. The summed E-state index contributed by atoms with van der Waals surface area (Å²) in [6, 6.07) is 2.18. The zero-order valence-corrected chi connectivity index (χ0v) is 12.6. The Kier molecular flexibility index (Phi) is 5.58. The zero-order chi connectivity index (χ0) is 15.5. The van der Waals surface area contributed by atoms with E-state index in [1.54, 1.807) is 6.92 Å². The maximum atomic E-state index is 13.5. The van der Waals surface area contributed by atoms with Crippen molar-refractivity contribution in [3.63, 3.8) is 0 Å². The maximum Gasteiger partial charge on any atom is 0.242 e. The largest absolute Gasteiger partial charge is 0.409 e. The Morgan fingerprint density at radius 1 is 1.55 bits per heavy atom. The van der Waals surface area contributed by atoms with Gasteiger partial charge in [0.05, 0.1) is 10.0 Å². The van der Waals surface area contributed by atoms with Gasteiger partial charge in [-0.3, -0.25) is 0 Å². The molecule has 0 saturated heterocycles. The van der Waals surface area contributed by atoms with Gasteiger partial charge in [-0.05, 0) is 12.1 Å². The van der Waals surface area contributed by atoms with Crippen LogP contribution in [0.25, 0.3) is 0 Å². The highest BCUT2D eigenvalue weighted by Gasteiger charge is 2.22. The third-order valence-electron chi connectivity index (χ3n) is 2.49. The molecule has 112 valence electrons. The zero-order valence-electron chi connectivity index (χ0n) is 10.3. The van der Waals surface area contributed by atoms with E-state index in [1.165, 1.54) is 0 Å². The molecule has 0 heterocycles. The van der Waals surface area contributed by atoms with Gasteiger partial charge in [0.15, 0.2) is 5.82 Å². The van der Waals surface area contributed by atoms with Crippen molar-refractivity contribution in [2.75, 3.05) is 6.54 Å². The van der Waals surface area contributed by atoms with Gasteiger partial charge in [0.2, 0.25) is 10.0 Å². The minimum absolute atomic E-state index is 0.138. The van der Waals surface area contributed by atoms with Crippen molar-refractivity contribution in [3.8, 4) is 0 Å². The number of oxime groups is 1. The molecule has 0 spiro atoms. The third-order valence-corrected chi connectivity index (χ3v) is 4.73. The number of halogens is 3. The molecule has 1 aromatic rings. The summed E-state index contributed by atoms with van der Waals surface area (Å²) in [6.07, 6.45) is 0. The lowest BCUT2D eigenvalue weighted by atomic mass is 10.2. The molecule has 0 aliphatic carbocycles. The number of rotatable bonds is 5. The van der Waals surface area contributed by atoms with Gasteiger partial charge >= 0.3 is 0 Å². The Hall–Kier alpha value is -1.09. The lowest BCUT2D eigenvalue weighted by Crippen LogP contribution is -2.34. The number of benzene rings is 1. The minimum Gasteiger partial charge on any atom is -0.409 e. The molecule has 1 unspecified atom stereocenters. The second-order valence-electron chi connectivity index (χ2n) is 3.95. The van der Waals surface area contributed by atoms with E-state index >= 15 is 0 Å². The highest BCUT2D eigenvalue weighted by molar-refractivity contribution is 7.89. The summed E-state index contributed by atoms with van der Waals surface area (Å²) in [5, 5.41) is 10.3. The Labute approximate surface area is 125 Å². The molecule has 1 aromatic carbocycles. The number of nitrogens with two attached hydrogens (primary N) is 1. The van der Waals surface area contributed by atoms with Crippen LogP contribution in [0.2, 0.25) is 10.0 Å². The van der Waals surface area contributed by atoms with Gasteiger partial charge in [0, 0.05) is 12.5 Å². The molecule has 6 nitrogen and oxygen atoms in total. The fourth-order valence-electron chi connectivity index (χ4n) is 1.23. The van der Waals surface area contributed by atoms with Crippen molar-refractivity contribution in [3.05, 3.63) is 28.0 Å². The topological polar surface area (TPSA) is 105 Å². The summed E-state index contributed by atoms with van der Waals surface area (Å²) >= 11 is 11.1. The van der Waals surface area contributed by atoms with Gasteiger partial charge in [-0.15, -0.1) is 0 Å². The molecule has 0 saturated carbocycles. The van der Waals surface area contributed by atoms with Crippen LogP contribution in [-0.2, 0) is 10.0 Å². The summed E-state index contributed by atoms with van der Waals surface area (Å²) in [6.45, 7) is 1.40. The average Bonchev–Trinajstić information content (AvgIpc) is 2.41. The Bertz CT molecular complexity index is 637. The summed E-state index contributed by atoms with van der Waals surface area (Å²) in [4.78, 5) is -0.437. The molecule has 0 aliphatic heterocycles. The van der Waals surface area contributed by atoms with Crippen LogP contribution in [0.4, 0.5) is 4.39 Å². The number of nitrogens with zero attached hydrogens (tertiary/aromatic N) is 1. The molecule has 0 radical (unpaired) electrons. The molecule has 10 heteroatoms. The van der Waals surface area contributed by atoms with Crippen LogP contribution in [0.15, 0.2) is 22.2 Å². The van der Waals surface area contributed by atoms with Crippen molar-refractivity contribution in [1.82, 2.24) is 4.72 Å². The monoisotopic (exact) mass is 343 g/mol. The Morgan fingerprint density at radius 3 is 2.70 bits per heavy atom. The predicted molar refractivity (Wildman–Crippen MR) is 74.2 cm³/mol. The number of sulfonamides is 1. The minimum atomic E-state index is -4.04. The van der Waals surface area contributed by atoms with E-state index in [-0.39, 0.29) is 17.4 Å². The van der Waals surface area contributed by atoms with E-state index in [9.17, 15) is 12.8 Å². The molecule has 0 aliphatic rings. The van der Waals surface area contributed by atoms with Crippen molar-refractivity contribution in [2.24, 2.45) is 16.8 Å². The van der Waals surface area contributed by atoms with Crippen molar-refractivity contribution in [2.45, 2.75) is 11.8 Å². The van der Waals surface area contributed by atoms with Crippen LogP contribution >= 0.6 is 23.2 Å². The van der Waals surface area contributed by atoms with Crippen LogP contribution in [-0.4, -0.2) is 26.0 Å². The molecule has 1 atom stereocenters. The predicted octanol–water partition coefficient (Wildman–Crippen LogP) is 1.79. The van der Waals surface area contributed by atoms with Crippen molar-refractivity contribution >= 4 is 39.1 Å². The molecule has 0 amide bonds. The quantitative estimate of drug-likeness (QED) is 0.249. The Balaban J connectivity index is 2.99. The number of amidine groups is 1. The number of hydrogen-bond donors (Lipinski definition) is 3. The molecule has 20 heavy (non-hydrogen) atoms. The molecule has 1 rings (SSSR count). The van der Waals surface area contributed by atoms with Crippen LogP contribution in [0.5, 0.6) is 0 Å². The second-order valence-corrected chi connectivity index (χ2v) is 6.47. The average molecular weight is 344 g/mol. The smallest absolute Gasteiger partial charge is 0.242 e. The first kappa shape index (κ1) is 17.0. The first-order valence-corrected chi connectivity index (χ1v) is 7.55. The highest BCUT2D eigenvalue weighted by Crippen LogP contribution is 2.29. The van der Waals surface area contributed by atoms with E-state index in [2.05, 4.69) is 9.88 Å². The standard InChI is InChI=1S/C10H12Cl2FN3O3S/c1-5(10(14)16-17)4-15-20(18,19)7-3-2-6(11)9(13)8(7)12/h2-3,5,15,17H,4H2,1H3,(H2,14,16). The van der Waals surface area contributed by atoms with Crippen LogP contribution < -0.4 is 10.5 Å². The summed E-state index contributed by atoms with van der Waals surface area (Å²) in [5.74, 6) is -1.70. The van der Waals surface area contributed by atoms with Gasteiger partial charge in [-0.25, -0.2) is 17.5 Å². The van der Waals surface area contributed by atoms with E-state index in [0.29, 0.717) is 0 Å². The van der Waals surface area contributed by atoms with Gasteiger partial charge < -0.3 is 10.9 Å². The molecular formula is C10H12Cl2FN3O3S. The van der Waals surface area contributed by atoms with E-state index < -0.39 is 31.7 Å². The molecule has 0 bridgehead atoms. The molecule has 0 aromatic heterocycles. The molecule has 0 fully saturated rings. The number of nitrogens with one attached hydrogen (secondary N) is 1. The summed E-state index contributed by atoms with van der Waals surface area (Å²) in [7, 11) is -4.04. The maximum absolute atomic E-state index is 13.5. The van der Waals surface area contributed by atoms with Gasteiger partial charge in [-0.1, -0.05) is 35.3 Å². The second kappa shape index (κ2) is 6.57. The van der Waals surface area contributed by atoms with Crippen molar-refractivity contribution in [1.29, 1.82) is 0 Å². The first-order valence-electron chi connectivity index (χ1n) is 5.31. The lowest BCUT2D eigenvalue weighted by molar-refractivity contribution is 0.314. The van der Waals surface area contributed by atoms with Crippen molar-refractivity contribution < 1.29 is 18.0 Å². The van der Waals surface area contributed by atoms with E-state index in [1.807, 2.05) is 0 Å². The first-order chi connectivity index (χ1) is 9.20. The third kappa shape index (κ3) is 3.72. The number of hydrogen-bond acceptors (Lipinski definition) is 4. The summed E-state index contributed by atoms with van der Waals surface area (Å²) in [5.41, 5.74) is 5.32. The van der Waals surface area contributed by atoms with Gasteiger partial charge in [0.1, 0.15) is 10.7 Å². The van der Waals surface area contributed by atoms with Gasteiger partial charge in [0.25, 0.3) is 0 Å². The van der Waals surface area contributed by atoms with Crippen LogP contribution in [0, 0.1) is 11.7 Å².